The second kappa shape index (κ2) is 7.46. The molecule has 1 saturated heterocycles. The molecular weight excluding hydrogens is 362 g/mol. The van der Waals surface area contributed by atoms with Gasteiger partial charge in [0, 0.05) is 37.7 Å². The molecule has 1 aromatic carbocycles. The fourth-order valence-electron chi connectivity index (χ4n) is 3.50. The topological polar surface area (TPSA) is 57.2 Å². The molecule has 0 radical (unpaired) electrons. The molecule has 2 aliphatic heterocycles. The van der Waals surface area contributed by atoms with Gasteiger partial charge in [0.2, 0.25) is 0 Å². The van der Waals surface area contributed by atoms with Gasteiger partial charge in [0.1, 0.15) is 11.5 Å². The highest BCUT2D eigenvalue weighted by molar-refractivity contribution is 6.42. The van der Waals surface area contributed by atoms with Gasteiger partial charge in [-0.05, 0) is 32.0 Å². The van der Waals surface area contributed by atoms with E-state index in [0.717, 1.165) is 19.2 Å². The number of nitrogens with two attached hydrogens (primary N) is 1. The van der Waals surface area contributed by atoms with Crippen molar-refractivity contribution >= 4 is 17.2 Å². The van der Waals surface area contributed by atoms with Gasteiger partial charge in [0.05, 0.1) is 11.3 Å². The molecule has 1 unspecified atom stereocenters. The van der Waals surface area contributed by atoms with Gasteiger partial charge in [-0.2, -0.15) is 18.3 Å². The lowest BCUT2D eigenvalue weighted by atomic mass is 9.92. The van der Waals surface area contributed by atoms with Crippen LogP contribution in [-0.4, -0.2) is 54.6 Å². The van der Waals surface area contributed by atoms with E-state index in [9.17, 15) is 17.6 Å². The number of rotatable bonds is 0. The van der Waals surface area contributed by atoms with Crippen molar-refractivity contribution in [3.8, 4) is 0 Å². The van der Waals surface area contributed by atoms with Crippen molar-refractivity contribution in [3.63, 3.8) is 0 Å². The molecule has 1 atom stereocenters. The Bertz CT molecular complexity index is 764. The number of hydrogen-bond acceptors (Lipinski definition) is 5. The Morgan fingerprint density at radius 1 is 1.19 bits per heavy atom. The van der Waals surface area contributed by atoms with E-state index >= 15 is 0 Å². The molecule has 27 heavy (non-hydrogen) atoms. The Balaban J connectivity index is 2.11. The highest BCUT2D eigenvalue weighted by Crippen LogP contribution is 2.37. The third kappa shape index (κ3) is 3.92. The zero-order valence-electron chi connectivity index (χ0n) is 15.4. The van der Waals surface area contributed by atoms with Crippen molar-refractivity contribution in [2.24, 2.45) is 21.9 Å². The normalized spacial score (nSPS) is 23.6. The highest BCUT2D eigenvalue weighted by atomic mass is 19.4. The average Bonchev–Trinajstić information content (AvgIpc) is 2.59. The summed E-state index contributed by atoms with van der Waals surface area (Å²) in [4.78, 5) is 8.73. The predicted octanol–water partition coefficient (Wildman–Crippen LogP) is 3.02. The summed E-state index contributed by atoms with van der Waals surface area (Å²) in [6, 6.07) is 1.99. The van der Waals surface area contributed by atoms with Crippen LogP contribution in [0.15, 0.2) is 22.2 Å². The van der Waals surface area contributed by atoms with Crippen LogP contribution in [-0.2, 0) is 12.6 Å². The molecule has 0 saturated carbocycles. The van der Waals surface area contributed by atoms with E-state index in [4.69, 9.17) is 5.84 Å². The van der Waals surface area contributed by atoms with E-state index in [2.05, 4.69) is 15.0 Å². The number of nitrogens with zero attached hydrogens (tertiary/aromatic N) is 4. The van der Waals surface area contributed by atoms with E-state index in [1.807, 2.05) is 18.9 Å². The third-order valence-electron chi connectivity index (χ3n) is 5.22. The summed E-state index contributed by atoms with van der Waals surface area (Å²) in [7, 11) is 2.02. The second-order valence-electron chi connectivity index (χ2n) is 7.10. The van der Waals surface area contributed by atoms with Crippen LogP contribution in [0.25, 0.3) is 0 Å². The molecule has 0 spiro atoms. The standard InChI is InChI=1S/C18H23F4N5/c1-11-3-4-12-14(6-5-13(15(12)19)18(20,21)22)24-17(16(11)25-23)27-9-7-26(2)8-10-27/h5-6,11H,3-4,7-10,23H2,1-2H3/b24-17?,25-16+. The van der Waals surface area contributed by atoms with Crippen molar-refractivity contribution in [2.75, 3.05) is 33.2 Å². The summed E-state index contributed by atoms with van der Waals surface area (Å²) in [5, 5.41) is 3.91. The first-order valence-electron chi connectivity index (χ1n) is 8.91. The number of likely N-dealkylation sites (N-methyl/N-ethyl adjacent to an activating group) is 1. The van der Waals surface area contributed by atoms with Crippen LogP contribution in [0, 0.1) is 11.7 Å². The zero-order chi connectivity index (χ0) is 19.8. The lowest BCUT2D eigenvalue weighted by Crippen LogP contribution is -2.50. The van der Waals surface area contributed by atoms with Crippen LogP contribution in [0.4, 0.5) is 23.2 Å². The summed E-state index contributed by atoms with van der Waals surface area (Å²) < 4.78 is 53.8. The van der Waals surface area contributed by atoms with Gasteiger partial charge in [-0.3, -0.25) is 0 Å². The fourth-order valence-corrected chi connectivity index (χ4v) is 3.50. The quantitative estimate of drug-likeness (QED) is 0.424. The fraction of sp³-hybridized carbons (Fsp3) is 0.556. The second-order valence-corrected chi connectivity index (χ2v) is 7.10. The molecule has 3 rings (SSSR count). The summed E-state index contributed by atoms with van der Waals surface area (Å²) in [6.07, 6.45) is -4.15. The van der Waals surface area contributed by atoms with E-state index in [1.165, 1.54) is 6.07 Å². The molecule has 0 aliphatic carbocycles. The zero-order valence-corrected chi connectivity index (χ0v) is 15.4. The van der Waals surface area contributed by atoms with Gasteiger partial charge in [0.15, 0.2) is 5.84 Å². The Morgan fingerprint density at radius 3 is 2.44 bits per heavy atom. The number of alkyl halides is 3. The van der Waals surface area contributed by atoms with Crippen molar-refractivity contribution in [1.82, 2.24) is 9.80 Å². The Labute approximate surface area is 155 Å². The number of amidine groups is 1. The van der Waals surface area contributed by atoms with Gasteiger partial charge >= 0.3 is 6.18 Å². The van der Waals surface area contributed by atoms with Crippen LogP contribution in [0.3, 0.4) is 0 Å². The van der Waals surface area contributed by atoms with Gasteiger partial charge in [-0.25, -0.2) is 9.38 Å². The third-order valence-corrected chi connectivity index (χ3v) is 5.22. The molecule has 0 amide bonds. The molecule has 2 N–H and O–H groups in total. The Morgan fingerprint density at radius 2 is 1.85 bits per heavy atom. The van der Waals surface area contributed by atoms with Crippen LogP contribution in [0.2, 0.25) is 0 Å². The van der Waals surface area contributed by atoms with Gasteiger partial charge in [-0.1, -0.05) is 6.92 Å². The van der Waals surface area contributed by atoms with Crippen LogP contribution in [0.5, 0.6) is 0 Å². The van der Waals surface area contributed by atoms with Gasteiger partial charge < -0.3 is 15.6 Å². The highest BCUT2D eigenvalue weighted by Gasteiger charge is 2.36. The number of benzene rings is 1. The monoisotopic (exact) mass is 385 g/mol. The lowest BCUT2D eigenvalue weighted by molar-refractivity contribution is -0.140. The van der Waals surface area contributed by atoms with E-state index < -0.39 is 17.6 Å². The molecule has 5 nitrogen and oxygen atoms in total. The number of hydrazone groups is 1. The molecule has 2 aliphatic rings. The predicted molar refractivity (Wildman–Crippen MR) is 96.7 cm³/mol. The number of piperazine rings is 1. The maximum absolute atomic E-state index is 14.6. The van der Waals surface area contributed by atoms with Crippen molar-refractivity contribution in [1.29, 1.82) is 0 Å². The van der Waals surface area contributed by atoms with Crippen molar-refractivity contribution in [2.45, 2.75) is 25.9 Å². The summed E-state index contributed by atoms with van der Waals surface area (Å²) >= 11 is 0. The number of halogens is 4. The van der Waals surface area contributed by atoms with Crippen molar-refractivity contribution in [3.05, 3.63) is 29.1 Å². The maximum atomic E-state index is 14.6. The SMILES string of the molecule is CC1CCc2c(ccc(C(F)(F)F)c2F)N=C(N2CCN(C)CC2)/C1=N/N. The summed E-state index contributed by atoms with van der Waals surface area (Å²) in [5.41, 5.74) is -0.439. The first-order chi connectivity index (χ1) is 12.7. The minimum absolute atomic E-state index is 0.000580. The van der Waals surface area contributed by atoms with Crippen LogP contribution < -0.4 is 5.84 Å². The molecular formula is C18H23F4N5. The van der Waals surface area contributed by atoms with E-state index in [0.29, 0.717) is 31.1 Å². The maximum Gasteiger partial charge on any atom is 0.419 e. The molecule has 9 heteroatoms. The van der Waals surface area contributed by atoms with Crippen molar-refractivity contribution < 1.29 is 17.6 Å². The van der Waals surface area contributed by atoms with Crippen LogP contribution in [0.1, 0.15) is 24.5 Å². The van der Waals surface area contributed by atoms with E-state index in [1.54, 1.807) is 0 Å². The largest absolute Gasteiger partial charge is 0.419 e. The lowest BCUT2D eigenvalue weighted by Gasteiger charge is -2.36. The van der Waals surface area contributed by atoms with E-state index in [-0.39, 0.29) is 23.6 Å². The summed E-state index contributed by atoms with van der Waals surface area (Å²) in [6.45, 7) is 4.91. The molecule has 2 heterocycles. The first-order valence-corrected chi connectivity index (χ1v) is 8.91. The Hall–Kier alpha value is -2.16. The molecule has 148 valence electrons. The number of aliphatic imine (C=N–C) groups is 1. The van der Waals surface area contributed by atoms with Gasteiger partial charge in [0.25, 0.3) is 0 Å². The smallest absolute Gasteiger partial charge is 0.352 e. The molecule has 0 bridgehead atoms. The molecule has 0 aromatic heterocycles. The average molecular weight is 385 g/mol. The molecule has 1 aromatic rings. The summed E-state index contributed by atoms with van der Waals surface area (Å²) in [5.74, 6) is 4.77. The number of hydrogen-bond donors (Lipinski definition) is 1. The minimum atomic E-state index is -4.74. The number of fused-ring (bicyclic) bond motifs is 1. The molecule has 1 fully saturated rings. The first kappa shape index (κ1) is 19.6. The van der Waals surface area contributed by atoms with Gasteiger partial charge in [-0.15, -0.1) is 0 Å². The minimum Gasteiger partial charge on any atom is -0.352 e. The van der Waals surface area contributed by atoms with Crippen LogP contribution >= 0.6 is 0 Å². The Kier molecular flexibility index (Phi) is 5.41.